The number of pyridine rings is 1. The molecule has 0 unspecified atom stereocenters. The van der Waals surface area contributed by atoms with Gasteiger partial charge in [0.15, 0.2) is 11.5 Å². The number of methoxy groups -OCH3 is 2. The van der Waals surface area contributed by atoms with E-state index in [-0.39, 0.29) is 16.7 Å². The number of ether oxygens (including phenoxy) is 4. The molecule has 0 bridgehead atoms. The highest BCUT2D eigenvalue weighted by Crippen LogP contribution is 2.41. The van der Waals surface area contributed by atoms with Gasteiger partial charge in [0.25, 0.3) is 5.56 Å². The Morgan fingerprint density at radius 2 is 1.62 bits per heavy atom. The average molecular weight is 466 g/mol. The molecule has 0 saturated carbocycles. The third-order valence-electron chi connectivity index (χ3n) is 5.21. The van der Waals surface area contributed by atoms with Crippen molar-refractivity contribution in [3.05, 3.63) is 70.7 Å². The summed E-state index contributed by atoms with van der Waals surface area (Å²) in [6.45, 7) is 8.49. The molecule has 0 amide bonds. The van der Waals surface area contributed by atoms with E-state index in [1.54, 1.807) is 36.5 Å². The predicted octanol–water partition coefficient (Wildman–Crippen LogP) is 4.23. The predicted molar refractivity (Wildman–Crippen MR) is 129 cm³/mol. The molecule has 8 heteroatoms. The van der Waals surface area contributed by atoms with Gasteiger partial charge in [-0.15, -0.1) is 6.58 Å². The first-order valence-corrected chi connectivity index (χ1v) is 10.8. The first-order chi connectivity index (χ1) is 16.4. The van der Waals surface area contributed by atoms with Gasteiger partial charge in [0.05, 0.1) is 38.6 Å². The molecule has 3 aromatic rings. The zero-order valence-electron chi connectivity index (χ0n) is 19.7. The number of benzene rings is 2. The van der Waals surface area contributed by atoms with Crippen LogP contribution in [0.2, 0.25) is 0 Å². The highest BCUT2D eigenvalue weighted by Gasteiger charge is 2.27. The number of carbonyl (C=O) groups is 2. The number of fused-ring (bicyclic) bond motifs is 1. The average Bonchev–Trinajstić information content (AvgIpc) is 2.84. The van der Waals surface area contributed by atoms with Gasteiger partial charge in [-0.1, -0.05) is 6.08 Å². The van der Waals surface area contributed by atoms with Gasteiger partial charge >= 0.3 is 11.9 Å². The quantitative estimate of drug-likeness (QED) is 0.345. The number of hydrogen-bond donors (Lipinski definition) is 0. The van der Waals surface area contributed by atoms with Crippen molar-refractivity contribution in [3.63, 3.8) is 0 Å². The third kappa shape index (κ3) is 4.66. The van der Waals surface area contributed by atoms with Crippen LogP contribution in [0.4, 0.5) is 0 Å². The number of carbonyl (C=O) groups excluding carboxylic acids is 2. The molecule has 178 valence electrons. The van der Waals surface area contributed by atoms with Crippen LogP contribution in [0.3, 0.4) is 0 Å². The maximum Gasteiger partial charge on any atom is 0.339 e. The van der Waals surface area contributed by atoms with Gasteiger partial charge in [0, 0.05) is 24.4 Å². The summed E-state index contributed by atoms with van der Waals surface area (Å²) >= 11 is 0. The molecule has 0 spiro atoms. The SMILES string of the molecule is C=CCn1ccc(-c2c(C(=O)OC)c(C(=O)OC)cc3cc(OCC)c(OCC)cc23)cc1=O. The standard InChI is InChI=1S/C26H27NO7/c1-6-10-27-11-9-16(14-22(27)28)23-18-15-21(34-8-3)20(33-7-2)13-17(18)12-19(25(29)31-4)24(23)26(30)32-5/h6,9,11-15H,1,7-8,10H2,2-5H3. The Morgan fingerprint density at radius 3 is 2.18 bits per heavy atom. The van der Waals surface area contributed by atoms with Crippen LogP contribution in [0.15, 0.2) is 54.0 Å². The summed E-state index contributed by atoms with van der Waals surface area (Å²) in [5, 5.41) is 1.19. The van der Waals surface area contributed by atoms with Crippen LogP contribution in [0.1, 0.15) is 34.6 Å². The van der Waals surface area contributed by atoms with Crippen molar-refractivity contribution in [3.8, 4) is 22.6 Å². The van der Waals surface area contributed by atoms with Gasteiger partial charge in [0.2, 0.25) is 0 Å². The van der Waals surface area contributed by atoms with Gasteiger partial charge in [-0.3, -0.25) is 4.79 Å². The summed E-state index contributed by atoms with van der Waals surface area (Å²) < 4.78 is 22.9. The number of esters is 2. The number of allylic oxidation sites excluding steroid dienone is 1. The second-order valence-corrected chi connectivity index (χ2v) is 7.24. The lowest BCUT2D eigenvalue weighted by atomic mass is 9.89. The van der Waals surface area contributed by atoms with E-state index in [1.807, 2.05) is 13.8 Å². The Hall–Kier alpha value is -4.07. The summed E-state index contributed by atoms with van der Waals surface area (Å²) in [5.41, 5.74) is 0.513. The minimum Gasteiger partial charge on any atom is -0.490 e. The van der Waals surface area contributed by atoms with Crippen molar-refractivity contribution in [1.29, 1.82) is 0 Å². The van der Waals surface area contributed by atoms with Crippen molar-refractivity contribution in [2.75, 3.05) is 27.4 Å². The molecule has 0 aliphatic rings. The summed E-state index contributed by atoms with van der Waals surface area (Å²) in [7, 11) is 2.46. The normalized spacial score (nSPS) is 10.6. The molecule has 8 nitrogen and oxygen atoms in total. The van der Waals surface area contributed by atoms with Crippen LogP contribution in [-0.4, -0.2) is 43.9 Å². The van der Waals surface area contributed by atoms with E-state index in [0.29, 0.717) is 53.2 Å². The minimum absolute atomic E-state index is 0.00525. The van der Waals surface area contributed by atoms with Crippen LogP contribution < -0.4 is 15.0 Å². The molecule has 0 fully saturated rings. The van der Waals surface area contributed by atoms with Gasteiger partial charge < -0.3 is 23.5 Å². The third-order valence-corrected chi connectivity index (χ3v) is 5.21. The van der Waals surface area contributed by atoms with E-state index in [4.69, 9.17) is 18.9 Å². The largest absolute Gasteiger partial charge is 0.490 e. The summed E-state index contributed by atoms with van der Waals surface area (Å²) in [6, 6.07) is 8.13. The van der Waals surface area contributed by atoms with Crippen LogP contribution >= 0.6 is 0 Å². The van der Waals surface area contributed by atoms with E-state index in [2.05, 4.69) is 6.58 Å². The zero-order chi connectivity index (χ0) is 24.8. The number of rotatable bonds is 9. The number of nitrogens with zero attached hydrogens (tertiary/aromatic N) is 1. The minimum atomic E-state index is -0.737. The zero-order valence-corrected chi connectivity index (χ0v) is 19.7. The van der Waals surface area contributed by atoms with Gasteiger partial charge in [-0.25, -0.2) is 9.59 Å². The van der Waals surface area contributed by atoms with Gasteiger partial charge in [0.1, 0.15) is 0 Å². The smallest absolute Gasteiger partial charge is 0.339 e. The van der Waals surface area contributed by atoms with Crippen molar-refractivity contribution < 1.29 is 28.5 Å². The molecule has 34 heavy (non-hydrogen) atoms. The Bertz CT molecular complexity index is 1310. The monoisotopic (exact) mass is 465 g/mol. The summed E-state index contributed by atoms with van der Waals surface area (Å²) in [4.78, 5) is 38.4. The lowest BCUT2D eigenvalue weighted by molar-refractivity contribution is 0.0556. The molecule has 1 aromatic heterocycles. The highest BCUT2D eigenvalue weighted by atomic mass is 16.5. The maximum absolute atomic E-state index is 12.9. The summed E-state index contributed by atoms with van der Waals surface area (Å²) in [6.07, 6.45) is 3.22. The molecule has 1 heterocycles. The van der Waals surface area contributed by atoms with Crippen molar-refractivity contribution >= 4 is 22.7 Å². The van der Waals surface area contributed by atoms with Crippen molar-refractivity contribution in [1.82, 2.24) is 4.57 Å². The fraction of sp³-hybridized carbons (Fsp3) is 0.269. The maximum atomic E-state index is 12.9. The second kappa shape index (κ2) is 10.7. The van der Waals surface area contributed by atoms with Gasteiger partial charge in [-0.05, 0) is 54.4 Å². The Morgan fingerprint density at radius 1 is 0.971 bits per heavy atom. The van der Waals surface area contributed by atoms with Crippen molar-refractivity contribution in [2.24, 2.45) is 0 Å². The molecule has 0 N–H and O–H groups in total. The van der Waals surface area contributed by atoms with Crippen molar-refractivity contribution in [2.45, 2.75) is 20.4 Å². The highest BCUT2D eigenvalue weighted by molar-refractivity contribution is 6.15. The topological polar surface area (TPSA) is 93.1 Å². The lowest BCUT2D eigenvalue weighted by Gasteiger charge is -2.19. The van der Waals surface area contributed by atoms with Gasteiger partial charge in [-0.2, -0.15) is 0 Å². The molecule has 0 saturated heterocycles. The number of hydrogen-bond acceptors (Lipinski definition) is 7. The first kappa shape index (κ1) is 24.6. The number of aromatic nitrogens is 1. The molecular formula is C26H27NO7. The molecule has 0 radical (unpaired) electrons. The summed E-state index contributed by atoms with van der Waals surface area (Å²) in [5.74, 6) is -0.486. The molecular weight excluding hydrogens is 438 g/mol. The molecule has 0 aliphatic carbocycles. The van der Waals surface area contributed by atoms with Crippen LogP contribution in [0.5, 0.6) is 11.5 Å². The van der Waals surface area contributed by atoms with Crippen LogP contribution in [0.25, 0.3) is 21.9 Å². The molecule has 2 aromatic carbocycles. The Balaban J connectivity index is 2.50. The van der Waals surface area contributed by atoms with E-state index in [1.165, 1.54) is 24.9 Å². The molecule has 3 rings (SSSR count). The molecule has 0 atom stereocenters. The Labute approximate surface area is 197 Å². The molecule has 0 aliphatic heterocycles. The van der Waals surface area contributed by atoms with Crippen LogP contribution in [0, 0.1) is 0 Å². The fourth-order valence-corrected chi connectivity index (χ4v) is 3.78. The first-order valence-electron chi connectivity index (χ1n) is 10.8. The lowest BCUT2D eigenvalue weighted by Crippen LogP contribution is -2.19. The Kier molecular flexibility index (Phi) is 7.73. The fourth-order valence-electron chi connectivity index (χ4n) is 3.78. The van der Waals surface area contributed by atoms with E-state index >= 15 is 0 Å². The van der Waals surface area contributed by atoms with E-state index in [0.717, 1.165) is 0 Å². The van der Waals surface area contributed by atoms with Crippen LogP contribution in [-0.2, 0) is 16.0 Å². The van der Waals surface area contributed by atoms with E-state index in [9.17, 15) is 14.4 Å². The second-order valence-electron chi connectivity index (χ2n) is 7.24. The van der Waals surface area contributed by atoms with E-state index < -0.39 is 11.9 Å².